The smallest absolute Gasteiger partial charge is 0.329 e. The van der Waals surface area contributed by atoms with Crippen LogP contribution < -0.4 is 15.5 Å². The van der Waals surface area contributed by atoms with Crippen LogP contribution in [0.5, 0.6) is 5.75 Å². The van der Waals surface area contributed by atoms with E-state index in [1.807, 2.05) is 0 Å². The van der Waals surface area contributed by atoms with Crippen molar-refractivity contribution in [2.45, 2.75) is 18.9 Å². The van der Waals surface area contributed by atoms with Crippen LogP contribution in [0.25, 0.3) is 0 Å². The zero-order valence-electron chi connectivity index (χ0n) is 13.6. The number of carbonyl (C=O) groups excluding carboxylic acids is 2. The molecule has 134 valence electrons. The lowest BCUT2D eigenvalue weighted by Gasteiger charge is -2.09. The summed E-state index contributed by atoms with van der Waals surface area (Å²) in [4.78, 5) is 33.6. The van der Waals surface area contributed by atoms with E-state index in [4.69, 9.17) is 9.47 Å². The molecule has 1 aromatic rings. The van der Waals surface area contributed by atoms with Crippen LogP contribution in [0.15, 0.2) is 23.3 Å². The first-order chi connectivity index (χ1) is 12.0. The SMILES string of the molecule is COc1ccc(/C=N\NC(=O)C(=O)NC[C@@H]2CCCO2)cc1[N+](=O)[O-]. The van der Waals surface area contributed by atoms with E-state index >= 15 is 0 Å². The van der Waals surface area contributed by atoms with Gasteiger partial charge in [0.1, 0.15) is 0 Å². The molecule has 1 heterocycles. The van der Waals surface area contributed by atoms with Crippen LogP contribution in [0, 0.1) is 10.1 Å². The maximum atomic E-state index is 11.6. The molecule has 1 saturated heterocycles. The van der Waals surface area contributed by atoms with Gasteiger partial charge in [-0.2, -0.15) is 5.10 Å². The minimum absolute atomic E-state index is 0.0694. The molecule has 2 N–H and O–H groups in total. The zero-order chi connectivity index (χ0) is 18.2. The van der Waals surface area contributed by atoms with E-state index in [0.29, 0.717) is 12.2 Å². The summed E-state index contributed by atoms with van der Waals surface area (Å²) in [5.41, 5.74) is 2.20. The summed E-state index contributed by atoms with van der Waals surface area (Å²) < 4.78 is 10.2. The van der Waals surface area contributed by atoms with Gasteiger partial charge >= 0.3 is 17.5 Å². The van der Waals surface area contributed by atoms with Gasteiger partial charge in [-0.3, -0.25) is 19.7 Å². The minimum atomic E-state index is -0.933. The molecule has 1 atom stereocenters. The van der Waals surface area contributed by atoms with Gasteiger partial charge in [-0.25, -0.2) is 5.43 Å². The number of nitrogens with one attached hydrogen (secondary N) is 2. The van der Waals surface area contributed by atoms with Crippen molar-refractivity contribution in [3.63, 3.8) is 0 Å². The maximum absolute atomic E-state index is 11.6. The molecule has 2 amide bonds. The normalized spacial score (nSPS) is 16.6. The number of amides is 2. The van der Waals surface area contributed by atoms with E-state index in [2.05, 4.69) is 15.8 Å². The van der Waals surface area contributed by atoms with Gasteiger partial charge in [0, 0.05) is 24.8 Å². The Bertz CT molecular complexity index is 685. The van der Waals surface area contributed by atoms with Crippen LogP contribution in [0.1, 0.15) is 18.4 Å². The molecule has 1 aromatic carbocycles. The first-order valence-corrected chi connectivity index (χ1v) is 7.56. The van der Waals surface area contributed by atoms with Crippen molar-refractivity contribution in [3.8, 4) is 5.75 Å². The van der Waals surface area contributed by atoms with Crippen LogP contribution in [-0.4, -0.2) is 49.3 Å². The molecule has 0 spiro atoms. The Labute approximate surface area is 143 Å². The summed E-state index contributed by atoms with van der Waals surface area (Å²) in [6.07, 6.45) is 2.90. The average Bonchev–Trinajstić information content (AvgIpc) is 3.12. The number of methoxy groups -OCH3 is 1. The Morgan fingerprint density at radius 1 is 1.48 bits per heavy atom. The highest BCUT2D eigenvalue weighted by Crippen LogP contribution is 2.26. The van der Waals surface area contributed by atoms with Crippen molar-refractivity contribution in [2.24, 2.45) is 5.10 Å². The molecule has 25 heavy (non-hydrogen) atoms. The van der Waals surface area contributed by atoms with Crippen molar-refractivity contribution < 1.29 is 24.0 Å². The highest BCUT2D eigenvalue weighted by molar-refractivity contribution is 6.35. The Kier molecular flexibility index (Phi) is 6.40. The van der Waals surface area contributed by atoms with Crippen molar-refractivity contribution in [3.05, 3.63) is 33.9 Å². The molecule has 0 aromatic heterocycles. The van der Waals surface area contributed by atoms with E-state index in [0.717, 1.165) is 12.8 Å². The van der Waals surface area contributed by atoms with Gasteiger partial charge in [0.05, 0.1) is 24.4 Å². The zero-order valence-corrected chi connectivity index (χ0v) is 13.6. The molecule has 0 bridgehead atoms. The topological polar surface area (TPSA) is 132 Å². The lowest BCUT2D eigenvalue weighted by Crippen LogP contribution is -2.41. The van der Waals surface area contributed by atoms with Gasteiger partial charge in [-0.15, -0.1) is 0 Å². The number of benzene rings is 1. The van der Waals surface area contributed by atoms with Crippen LogP contribution in [0.4, 0.5) is 5.69 Å². The second kappa shape index (κ2) is 8.73. The number of rotatable bonds is 6. The average molecular weight is 350 g/mol. The van der Waals surface area contributed by atoms with E-state index in [1.54, 1.807) is 0 Å². The number of carbonyl (C=O) groups is 2. The van der Waals surface area contributed by atoms with E-state index in [-0.39, 0.29) is 24.1 Å². The number of nitro groups is 1. The van der Waals surface area contributed by atoms with E-state index in [1.165, 1.54) is 31.5 Å². The predicted molar refractivity (Wildman–Crippen MR) is 87.4 cm³/mol. The van der Waals surface area contributed by atoms with Crippen molar-refractivity contribution in [2.75, 3.05) is 20.3 Å². The number of hydrogen-bond acceptors (Lipinski definition) is 7. The molecule has 0 radical (unpaired) electrons. The Balaban J connectivity index is 1.86. The number of hydrogen-bond donors (Lipinski definition) is 2. The number of hydrazone groups is 1. The van der Waals surface area contributed by atoms with Crippen LogP contribution in [0.2, 0.25) is 0 Å². The molecule has 1 aliphatic heterocycles. The molecular weight excluding hydrogens is 332 g/mol. The third kappa shape index (κ3) is 5.24. The lowest BCUT2D eigenvalue weighted by atomic mass is 10.2. The molecule has 10 heteroatoms. The van der Waals surface area contributed by atoms with Crippen LogP contribution in [-0.2, 0) is 14.3 Å². The molecule has 2 rings (SSSR count). The fourth-order valence-corrected chi connectivity index (χ4v) is 2.24. The van der Waals surface area contributed by atoms with Gasteiger partial charge in [0.2, 0.25) is 0 Å². The minimum Gasteiger partial charge on any atom is -0.490 e. The highest BCUT2D eigenvalue weighted by atomic mass is 16.6. The quantitative estimate of drug-likeness (QED) is 0.329. The second-order valence-electron chi connectivity index (χ2n) is 5.23. The predicted octanol–water partition coefficient (Wildman–Crippen LogP) is 0.349. The summed E-state index contributed by atoms with van der Waals surface area (Å²) in [5, 5.41) is 17.0. The lowest BCUT2D eigenvalue weighted by molar-refractivity contribution is -0.385. The summed E-state index contributed by atoms with van der Waals surface area (Å²) in [6.45, 7) is 0.922. The van der Waals surface area contributed by atoms with Gasteiger partial charge in [-0.1, -0.05) is 0 Å². The molecule has 10 nitrogen and oxygen atoms in total. The molecule has 0 saturated carbocycles. The van der Waals surface area contributed by atoms with Crippen LogP contribution >= 0.6 is 0 Å². The largest absolute Gasteiger partial charge is 0.490 e. The highest BCUT2D eigenvalue weighted by Gasteiger charge is 2.19. The maximum Gasteiger partial charge on any atom is 0.329 e. The second-order valence-corrected chi connectivity index (χ2v) is 5.23. The Morgan fingerprint density at radius 2 is 2.28 bits per heavy atom. The number of nitro benzene ring substituents is 1. The Hall–Kier alpha value is -3.01. The van der Waals surface area contributed by atoms with Gasteiger partial charge in [-0.05, 0) is 25.0 Å². The summed E-state index contributed by atoms with van der Waals surface area (Å²) in [5.74, 6) is -1.65. The first kappa shape index (κ1) is 18.3. The number of ether oxygens (including phenoxy) is 2. The van der Waals surface area contributed by atoms with E-state index < -0.39 is 16.7 Å². The van der Waals surface area contributed by atoms with Crippen LogP contribution in [0.3, 0.4) is 0 Å². The van der Waals surface area contributed by atoms with Crippen molar-refractivity contribution in [1.29, 1.82) is 0 Å². The summed E-state index contributed by atoms with van der Waals surface area (Å²) in [7, 11) is 1.32. The van der Waals surface area contributed by atoms with Crippen molar-refractivity contribution >= 4 is 23.7 Å². The molecule has 1 fully saturated rings. The summed E-state index contributed by atoms with van der Waals surface area (Å²) >= 11 is 0. The van der Waals surface area contributed by atoms with Gasteiger partial charge < -0.3 is 14.8 Å². The third-order valence-electron chi connectivity index (χ3n) is 3.50. The van der Waals surface area contributed by atoms with E-state index in [9.17, 15) is 19.7 Å². The monoisotopic (exact) mass is 350 g/mol. The fraction of sp³-hybridized carbons (Fsp3) is 0.400. The molecule has 0 aliphatic carbocycles. The fourth-order valence-electron chi connectivity index (χ4n) is 2.24. The molecule has 0 unspecified atom stereocenters. The van der Waals surface area contributed by atoms with Gasteiger partial charge in [0.15, 0.2) is 5.75 Å². The van der Waals surface area contributed by atoms with Gasteiger partial charge in [0.25, 0.3) is 0 Å². The third-order valence-corrected chi connectivity index (χ3v) is 3.50. The standard InChI is InChI=1S/C15H18N4O6/c1-24-13-5-4-10(7-12(13)19(22)23)8-17-18-15(21)14(20)16-9-11-3-2-6-25-11/h4-5,7-8,11H,2-3,6,9H2,1H3,(H,16,20)(H,18,21)/b17-8-/t11-/m0/s1. The summed E-state index contributed by atoms with van der Waals surface area (Å²) in [6, 6.07) is 4.18. The Morgan fingerprint density at radius 3 is 2.92 bits per heavy atom. The molecule has 1 aliphatic rings. The first-order valence-electron chi connectivity index (χ1n) is 7.56. The van der Waals surface area contributed by atoms with Crippen molar-refractivity contribution in [1.82, 2.24) is 10.7 Å². The molecular formula is C15H18N4O6. The number of nitrogens with zero attached hydrogens (tertiary/aromatic N) is 2.